The molecule has 1 saturated carbocycles. The van der Waals surface area contributed by atoms with Gasteiger partial charge in [0, 0.05) is 12.7 Å². The summed E-state index contributed by atoms with van der Waals surface area (Å²) >= 11 is 11.9. The van der Waals surface area contributed by atoms with E-state index in [0.717, 1.165) is 23.5 Å². The van der Waals surface area contributed by atoms with Crippen LogP contribution in [0.3, 0.4) is 0 Å². The van der Waals surface area contributed by atoms with Gasteiger partial charge in [-0.2, -0.15) is 0 Å². The molecule has 2 heterocycles. The number of fused-ring (bicyclic) bond motifs is 1. The molecule has 0 aliphatic heterocycles. The van der Waals surface area contributed by atoms with Crippen LogP contribution in [0.4, 0.5) is 0 Å². The van der Waals surface area contributed by atoms with Crippen LogP contribution in [-0.4, -0.2) is 14.5 Å². The average Bonchev–Trinajstić information content (AvgIpc) is 3.07. The second-order valence-electron chi connectivity index (χ2n) is 5.10. The van der Waals surface area contributed by atoms with Gasteiger partial charge in [0.1, 0.15) is 11.3 Å². The molecule has 2 aromatic heterocycles. The van der Waals surface area contributed by atoms with Gasteiger partial charge in [-0.3, -0.25) is 0 Å². The summed E-state index contributed by atoms with van der Waals surface area (Å²) in [6, 6.07) is 1.85. The van der Waals surface area contributed by atoms with E-state index < -0.39 is 0 Å². The average molecular weight is 284 g/mol. The van der Waals surface area contributed by atoms with Crippen LogP contribution in [0.2, 0.25) is 5.02 Å². The van der Waals surface area contributed by atoms with Gasteiger partial charge in [-0.25, -0.2) is 9.97 Å². The number of halogens is 2. The maximum absolute atomic E-state index is 5.99. The number of hydrogen-bond acceptors (Lipinski definition) is 2. The summed E-state index contributed by atoms with van der Waals surface area (Å²) in [6.45, 7) is 3.22. The van der Waals surface area contributed by atoms with Crippen molar-refractivity contribution in [2.24, 2.45) is 5.41 Å². The molecule has 5 heteroatoms. The van der Waals surface area contributed by atoms with Crippen LogP contribution in [0.25, 0.3) is 11.2 Å². The molecule has 0 radical (unpaired) electrons. The van der Waals surface area contributed by atoms with E-state index in [0.29, 0.717) is 16.3 Å². The van der Waals surface area contributed by atoms with Crippen LogP contribution >= 0.6 is 23.2 Å². The number of rotatable bonds is 4. The third kappa shape index (κ3) is 1.99. The third-order valence-corrected chi connectivity index (χ3v) is 4.40. The Morgan fingerprint density at radius 1 is 1.44 bits per heavy atom. The normalized spacial score (nSPS) is 17.3. The largest absolute Gasteiger partial charge is 0.311 e. The van der Waals surface area contributed by atoms with Crippen LogP contribution in [0.15, 0.2) is 12.3 Å². The lowest BCUT2D eigenvalue weighted by Crippen LogP contribution is -2.13. The fraction of sp³-hybridized carbons (Fsp3) is 0.538. The van der Waals surface area contributed by atoms with Crippen molar-refractivity contribution in [2.75, 3.05) is 0 Å². The molecule has 0 saturated heterocycles. The molecule has 1 aliphatic rings. The zero-order chi connectivity index (χ0) is 12.8. The molecular formula is C13H15Cl2N3. The fourth-order valence-electron chi connectivity index (χ4n) is 2.44. The fourth-order valence-corrected chi connectivity index (χ4v) is 2.79. The van der Waals surface area contributed by atoms with E-state index in [9.17, 15) is 0 Å². The Hall–Kier alpha value is -0.800. The maximum atomic E-state index is 5.99. The smallest absolute Gasteiger partial charge is 0.160 e. The van der Waals surface area contributed by atoms with Crippen LogP contribution in [0.1, 0.15) is 32.0 Å². The summed E-state index contributed by atoms with van der Waals surface area (Å²) in [6.07, 6.45) is 5.45. The van der Waals surface area contributed by atoms with Crippen molar-refractivity contribution in [1.29, 1.82) is 0 Å². The lowest BCUT2D eigenvalue weighted by Gasteiger charge is -2.15. The second-order valence-corrected chi connectivity index (χ2v) is 5.80. The van der Waals surface area contributed by atoms with Gasteiger partial charge in [0.15, 0.2) is 5.65 Å². The summed E-state index contributed by atoms with van der Waals surface area (Å²) in [5.74, 6) is 1.30. The zero-order valence-corrected chi connectivity index (χ0v) is 11.8. The molecular weight excluding hydrogens is 269 g/mol. The van der Waals surface area contributed by atoms with E-state index in [4.69, 9.17) is 23.2 Å². The molecule has 0 aromatic carbocycles. The highest BCUT2D eigenvalue weighted by atomic mass is 35.5. The van der Waals surface area contributed by atoms with E-state index in [1.807, 2.05) is 6.07 Å². The minimum Gasteiger partial charge on any atom is -0.311 e. The van der Waals surface area contributed by atoms with Gasteiger partial charge in [0.25, 0.3) is 0 Å². The highest BCUT2D eigenvalue weighted by Crippen LogP contribution is 2.50. The summed E-state index contributed by atoms with van der Waals surface area (Å²) in [5, 5.41) is 0.616. The number of pyridine rings is 1. The predicted octanol–water partition coefficient (Wildman–Crippen LogP) is 4.01. The first-order chi connectivity index (χ1) is 8.67. The van der Waals surface area contributed by atoms with E-state index in [2.05, 4.69) is 21.5 Å². The minimum absolute atomic E-state index is 0.410. The predicted molar refractivity (Wildman–Crippen MR) is 74.1 cm³/mol. The minimum atomic E-state index is 0.410. The van der Waals surface area contributed by atoms with Gasteiger partial charge < -0.3 is 4.57 Å². The molecule has 1 fully saturated rings. The quantitative estimate of drug-likeness (QED) is 0.794. The number of imidazole rings is 1. The van der Waals surface area contributed by atoms with Gasteiger partial charge in [0.2, 0.25) is 0 Å². The first-order valence-corrected chi connectivity index (χ1v) is 7.15. The summed E-state index contributed by atoms with van der Waals surface area (Å²) in [7, 11) is 0. The van der Waals surface area contributed by atoms with Crippen molar-refractivity contribution in [3.05, 3.63) is 23.1 Å². The van der Waals surface area contributed by atoms with Crippen molar-refractivity contribution in [1.82, 2.24) is 14.5 Å². The summed E-state index contributed by atoms with van der Waals surface area (Å²) in [5.41, 5.74) is 2.18. The first kappa shape index (κ1) is 12.2. The van der Waals surface area contributed by atoms with Crippen molar-refractivity contribution in [3.63, 3.8) is 0 Å². The SMILES string of the molecule is CCC1(Cn2c(CCl)nc3cc(Cl)cnc32)CC1. The van der Waals surface area contributed by atoms with Crippen LogP contribution in [0.5, 0.6) is 0 Å². The van der Waals surface area contributed by atoms with Gasteiger partial charge in [-0.1, -0.05) is 18.5 Å². The first-order valence-electron chi connectivity index (χ1n) is 6.24. The van der Waals surface area contributed by atoms with Gasteiger partial charge in [-0.15, -0.1) is 11.6 Å². The molecule has 18 heavy (non-hydrogen) atoms. The van der Waals surface area contributed by atoms with Gasteiger partial charge >= 0.3 is 0 Å². The number of nitrogens with zero attached hydrogens (tertiary/aromatic N) is 3. The van der Waals surface area contributed by atoms with Gasteiger partial charge in [-0.05, 0) is 30.7 Å². The third-order valence-electron chi connectivity index (χ3n) is 3.95. The number of hydrogen-bond donors (Lipinski definition) is 0. The monoisotopic (exact) mass is 283 g/mol. The number of aromatic nitrogens is 3. The molecule has 0 amide bonds. The number of alkyl halides is 1. The molecule has 2 aromatic rings. The van der Waals surface area contributed by atoms with E-state index in [-0.39, 0.29) is 0 Å². The molecule has 3 rings (SSSR count). The van der Waals surface area contributed by atoms with Crippen LogP contribution < -0.4 is 0 Å². The zero-order valence-electron chi connectivity index (χ0n) is 10.3. The molecule has 0 atom stereocenters. The molecule has 0 bridgehead atoms. The van der Waals surface area contributed by atoms with Crippen molar-refractivity contribution < 1.29 is 0 Å². The lowest BCUT2D eigenvalue weighted by atomic mass is 10.0. The van der Waals surface area contributed by atoms with Crippen molar-refractivity contribution in [3.8, 4) is 0 Å². The standard InChI is InChI=1S/C13H15Cl2N3/c1-2-13(3-4-13)8-18-11(6-14)17-10-5-9(15)7-16-12(10)18/h5,7H,2-4,6,8H2,1H3. The Kier molecular flexibility index (Phi) is 2.99. The lowest BCUT2D eigenvalue weighted by molar-refractivity contribution is 0.408. The Bertz CT molecular complexity index is 587. The molecule has 0 unspecified atom stereocenters. The Morgan fingerprint density at radius 3 is 2.83 bits per heavy atom. The Labute approximate surface area is 116 Å². The molecule has 96 valence electrons. The van der Waals surface area contributed by atoms with Crippen LogP contribution in [0, 0.1) is 5.41 Å². The maximum Gasteiger partial charge on any atom is 0.160 e. The highest BCUT2D eigenvalue weighted by Gasteiger charge is 2.41. The Morgan fingerprint density at radius 2 is 2.22 bits per heavy atom. The molecule has 1 aliphatic carbocycles. The van der Waals surface area contributed by atoms with E-state index >= 15 is 0 Å². The van der Waals surface area contributed by atoms with Crippen LogP contribution in [-0.2, 0) is 12.4 Å². The molecule has 0 N–H and O–H groups in total. The Balaban J connectivity index is 2.08. The van der Waals surface area contributed by atoms with E-state index in [1.165, 1.54) is 19.3 Å². The van der Waals surface area contributed by atoms with Crippen molar-refractivity contribution in [2.45, 2.75) is 38.6 Å². The summed E-state index contributed by atoms with van der Waals surface area (Å²) < 4.78 is 2.16. The molecule has 3 nitrogen and oxygen atoms in total. The summed E-state index contributed by atoms with van der Waals surface area (Å²) in [4.78, 5) is 8.93. The highest BCUT2D eigenvalue weighted by molar-refractivity contribution is 6.31. The van der Waals surface area contributed by atoms with Crippen molar-refractivity contribution >= 4 is 34.4 Å². The van der Waals surface area contributed by atoms with Gasteiger partial charge in [0.05, 0.1) is 10.9 Å². The van der Waals surface area contributed by atoms with E-state index in [1.54, 1.807) is 6.20 Å². The molecule has 0 spiro atoms. The topological polar surface area (TPSA) is 30.7 Å². The second kappa shape index (κ2) is 4.39.